The third-order valence-electron chi connectivity index (χ3n) is 4.16. The second-order valence-corrected chi connectivity index (χ2v) is 5.99. The van der Waals surface area contributed by atoms with Gasteiger partial charge in [-0.05, 0) is 25.1 Å². The molecule has 6 heteroatoms. The van der Waals surface area contributed by atoms with Crippen LogP contribution < -0.4 is 5.32 Å². The predicted octanol–water partition coefficient (Wildman–Crippen LogP) is 3.45. The quantitative estimate of drug-likeness (QED) is 0.607. The van der Waals surface area contributed by atoms with E-state index in [1.54, 1.807) is 0 Å². The van der Waals surface area contributed by atoms with Crippen molar-refractivity contribution in [2.75, 3.05) is 0 Å². The average Bonchev–Trinajstić information content (AvgIpc) is 3.24. The van der Waals surface area contributed by atoms with E-state index in [9.17, 15) is 4.79 Å². The molecule has 0 aliphatic carbocycles. The number of hydrogen-bond acceptors (Lipinski definition) is 4. The van der Waals surface area contributed by atoms with Gasteiger partial charge in [-0.3, -0.25) is 9.48 Å². The van der Waals surface area contributed by atoms with Gasteiger partial charge in [-0.15, -0.1) is 0 Å². The third kappa shape index (κ3) is 3.10. The van der Waals surface area contributed by atoms with Gasteiger partial charge < -0.3 is 9.73 Å². The van der Waals surface area contributed by atoms with Crippen LogP contribution in [0.1, 0.15) is 25.3 Å². The molecule has 0 fully saturated rings. The molecule has 0 saturated carbocycles. The van der Waals surface area contributed by atoms with Gasteiger partial charge in [0.2, 0.25) is 11.8 Å². The normalized spacial score (nSPS) is 12.5. The highest BCUT2D eigenvalue weighted by molar-refractivity contribution is 5.79. The zero-order valence-electron chi connectivity index (χ0n) is 13.8. The minimum absolute atomic E-state index is 0.0608. The largest absolute Gasteiger partial charge is 0.438 e. The van der Waals surface area contributed by atoms with Gasteiger partial charge in [-0.1, -0.05) is 30.3 Å². The third-order valence-corrected chi connectivity index (χ3v) is 4.16. The Morgan fingerprint density at radius 1 is 1.20 bits per heavy atom. The zero-order chi connectivity index (χ0) is 17.2. The highest BCUT2D eigenvalue weighted by Gasteiger charge is 2.16. The van der Waals surface area contributed by atoms with Crippen LogP contribution in [0.15, 0.2) is 59.1 Å². The number of hydrogen-bond donors (Lipinski definition) is 1. The fourth-order valence-electron chi connectivity index (χ4n) is 2.86. The van der Waals surface area contributed by atoms with E-state index in [4.69, 9.17) is 4.42 Å². The molecule has 4 rings (SSSR count). The van der Waals surface area contributed by atoms with Crippen LogP contribution in [0.2, 0.25) is 0 Å². The summed E-state index contributed by atoms with van der Waals surface area (Å²) in [5.74, 6) is 0.452. The van der Waals surface area contributed by atoms with E-state index >= 15 is 0 Å². The van der Waals surface area contributed by atoms with Gasteiger partial charge >= 0.3 is 0 Å². The van der Waals surface area contributed by atoms with E-state index in [0.29, 0.717) is 18.9 Å². The van der Waals surface area contributed by atoms with E-state index in [2.05, 4.69) is 15.4 Å². The fourth-order valence-corrected chi connectivity index (χ4v) is 2.86. The molecule has 4 aromatic rings. The van der Waals surface area contributed by atoms with Crippen LogP contribution in [0.5, 0.6) is 0 Å². The van der Waals surface area contributed by atoms with E-state index in [-0.39, 0.29) is 11.9 Å². The fraction of sp³-hybridized carbons (Fsp3) is 0.211. The number of nitrogens with one attached hydrogen (secondary N) is 1. The molecule has 1 N–H and O–H groups in total. The number of aryl methyl sites for hydroxylation is 1. The molecule has 0 radical (unpaired) electrons. The van der Waals surface area contributed by atoms with Crippen LogP contribution >= 0.6 is 0 Å². The zero-order valence-corrected chi connectivity index (χ0v) is 13.8. The lowest BCUT2D eigenvalue weighted by molar-refractivity contribution is -0.122. The number of amides is 1. The number of nitrogens with zero attached hydrogens (tertiary/aromatic N) is 3. The maximum atomic E-state index is 12.3. The monoisotopic (exact) mass is 334 g/mol. The van der Waals surface area contributed by atoms with Gasteiger partial charge in [-0.25, -0.2) is 4.98 Å². The summed E-state index contributed by atoms with van der Waals surface area (Å²) in [6.07, 6.45) is 2.16. The lowest BCUT2D eigenvalue weighted by Crippen LogP contribution is -2.27. The summed E-state index contributed by atoms with van der Waals surface area (Å²) in [6, 6.07) is 15.2. The maximum absolute atomic E-state index is 12.3. The minimum Gasteiger partial charge on any atom is -0.438 e. The first-order chi connectivity index (χ1) is 12.2. The standard InChI is InChI=1S/C19H18N4O2/c1-13(19-22-15-7-3-5-9-17(15)25-19)21-18(24)10-11-23-16-8-4-2-6-14(16)12-20-23/h2-9,12-13H,10-11H2,1H3,(H,21,24). The van der Waals surface area contributed by atoms with Crippen molar-refractivity contribution in [1.82, 2.24) is 20.1 Å². The maximum Gasteiger partial charge on any atom is 0.222 e. The Bertz CT molecular complexity index is 1000. The van der Waals surface area contributed by atoms with Crippen molar-refractivity contribution >= 4 is 27.9 Å². The van der Waals surface area contributed by atoms with E-state index in [1.807, 2.05) is 66.3 Å². The molecular formula is C19H18N4O2. The van der Waals surface area contributed by atoms with Crippen molar-refractivity contribution in [3.8, 4) is 0 Å². The molecule has 126 valence electrons. The second-order valence-electron chi connectivity index (χ2n) is 5.99. The Hall–Kier alpha value is -3.15. The van der Waals surface area contributed by atoms with Crippen molar-refractivity contribution in [1.29, 1.82) is 0 Å². The molecule has 2 aromatic heterocycles. The summed E-state index contributed by atoms with van der Waals surface area (Å²) in [5, 5.41) is 8.34. The van der Waals surface area contributed by atoms with Crippen LogP contribution in [0.4, 0.5) is 0 Å². The Balaban J connectivity index is 1.39. The number of carbonyl (C=O) groups is 1. The van der Waals surface area contributed by atoms with Crippen LogP contribution in [0, 0.1) is 0 Å². The number of fused-ring (bicyclic) bond motifs is 2. The van der Waals surface area contributed by atoms with Gasteiger partial charge in [0.1, 0.15) is 11.6 Å². The number of para-hydroxylation sites is 3. The number of aromatic nitrogens is 3. The number of oxazole rings is 1. The summed E-state index contributed by atoms with van der Waals surface area (Å²) in [6.45, 7) is 2.39. The highest BCUT2D eigenvalue weighted by Crippen LogP contribution is 2.19. The first kappa shape index (κ1) is 15.4. The van der Waals surface area contributed by atoms with Gasteiger partial charge in [0.25, 0.3) is 0 Å². The van der Waals surface area contributed by atoms with Crippen molar-refractivity contribution < 1.29 is 9.21 Å². The van der Waals surface area contributed by atoms with Crippen LogP contribution in [0.25, 0.3) is 22.0 Å². The molecular weight excluding hydrogens is 316 g/mol. The lowest BCUT2D eigenvalue weighted by atomic mass is 10.2. The van der Waals surface area contributed by atoms with Crippen molar-refractivity contribution in [2.24, 2.45) is 0 Å². The summed E-state index contributed by atoms with van der Waals surface area (Å²) in [7, 11) is 0. The Morgan fingerprint density at radius 2 is 2.00 bits per heavy atom. The molecule has 0 aliphatic rings. The SMILES string of the molecule is CC(NC(=O)CCn1ncc2ccccc21)c1nc2ccccc2o1. The van der Waals surface area contributed by atoms with Gasteiger partial charge in [0.15, 0.2) is 5.58 Å². The van der Waals surface area contributed by atoms with Crippen molar-refractivity contribution in [2.45, 2.75) is 25.9 Å². The Morgan fingerprint density at radius 3 is 2.88 bits per heavy atom. The topological polar surface area (TPSA) is 73.0 Å². The molecule has 1 amide bonds. The summed E-state index contributed by atoms with van der Waals surface area (Å²) in [4.78, 5) is 16.7. The number of rotatable bonds is 5. The molecule has 6 nitrogen and oxygen atoms in total. The van der Waals surface area contributed by atoms with Crippen LogP contribution in [-0.2, 0) is 11.3 Å². The summed E-state index contributed by atoms with van der Waals surface area (Å²) in [5.41, 5.74) is 2.55. The molecule has 2 heterocycles. The molecule has 2 aromatic carbocycles. The van der Waals surface area contributed by atoms with Crippen LogP contribution in [-0.4, -0.2) is 20.7 Å². The number of benzene rings is 2. The number of carbonyl (C=O) groups excluding carboxylic acids is 1. The lowest BCUT2D eigenvalue weighted by Gasteiger charge is -2.10. The molecule has 1 atom stereocenters. The second kappa shape index (κ2) is 6.39. The van der Waals surface area contributed by atoms with Gasteiger partial charge in [0.05, 0.1) is 18.3 Å². The summed E-state index contributed by atoms with van der Waals surface area (Å²) >= 11 is 0. The minimum atomic E-state index is -0.283. The van der Waals surface area contributed by atoms with E-state index < -0.39 is 0 Å². The van der Waals surface area contributed by atoms with Crippen LogP contribution in [0.3, 0.4) is 0 Å². The highest BCUT2D eigenvalue weighted by atomic mass is 16.3. The smallest absolute Gasteiger partial charge is 0.222 e. The molecule has 1 unspecified atom stereocenters. The average molecular weight is 334 g/mol. The van der Waals surface area contributed by atoms with E-state index in [0.717, 1.165) is 22.0 Å². The molecule has 25 heavy (non-hydrogen) atoms. The van der Waals surface area contributed by atoms with E-state index in [1.165, 1.54) is 0 Å². The molecule has 0 aliphatic heterocycles. The van der Waals surface area contributed by atoms with Gasteiger partial charge in [0, 0.05) is 11.8 Å². The molecule has 0 bridgehead atoms. The van der Waals surface area contributed by atoms with Crippen molar-refractivity contribution in [3.05, 3.63) is 60.6 Å². The molecule has 0 spiro atoms. The van der Waals surface area contributed by atoms with Crippen molar-refractivity contribution in [3.63, 3.8) is 0 Å². The molecule has 0 saturated heterocycles. The summed E-state index contributed by atoms with van der Waals surface area (Å²) < 4.78 is 7.54. The predicted molar refractivity (Wildman–Crippen MR) is 94.9 cm³/mol. The first-order valence-electron chi connectivity index (χ1n) is 8.26. The first-order valence-corrected chi connectivity index (χ1v) is 8.26. The Kier molecular flexibility index (Phi) is 3.93. The Labute approximate surface area is 144 Å². The van der Waals surface area contributed by atoms with Gasteiger partial charge in [-0.2, -0.15) is 5.10 Å².